The van der Waals surface area contributed by atoms with Crippen molar-refractivity contribution in [1.82, 2.24) is 0 Å². The summed E-state index contributed by atoms with van der Waals surface area (Å²) in [4.78, 5) is 2.42. The Hall–Kier alpha value is -10.3. The van der Waals surface area contributed by atoms with Crippen molar-refractivity contribution in [2.24, 2.45) is 0 Å². The van der Waals surface area contributed by atoms with Gasteiger partial charge in [0, 0.05) is 39.0 Å². The Balaban J connectivity index is 0.882. The minimum absolute atomic E-state index is 0.522. The van der Waals surface area contributed by atoms with Gasteiger partial charge in [-0.1, -0.05) is 255 Å². The van der Waals surface area contributed by atoms with Crippen LogP contribution in [0.5, 0.6) is 11.5 Å². The molecule has 0 N–H and O–H groups in total. The maximum Gasteiger partial charge on any atom is 0.140 e. The number of nitrogens with zero attached hydrogens (tertiary/aromatic N) is 1. The van der Waals surface area contributed by atoms with Gasteiger partial charge in [0.15, 0.2) is 0 Å². The van der Waals surface area contributed by atoms with Crippen molar-refractivity contribution in [3.8, 4) is 44.9 Å². The molecular weight excluding hydrogens is 967 g/mol. The molecule has 0 amide bonds. The number of fused-ring (bicyclic) bond motifs is 22. The highest BCUT2D eigenvalue weighted by molar-refractivity contribution is 6.19. The molecule has 0 saturated carbocycles. The maximum atomic E-state index is 7.65. The summed E-state index contributed by atoms with van der Waals surface area (Å²) >= 11 is 0. The predicted octanol–water partition coefficient (Wildman–Crippen LogP) is 20.3. The van der Waals surface area contributed by atoms with Gasteiger partial charge in [-0.05, 0) is 142 Å². The molecule has 2 aliphatic carbocycles. The molecule has 80 heavy (non-hydrogen) atoms. The lowest BCUT2D eigenvalue weighted by atomic mass is 9.62. The molecule has 0 bridgehead atoms. The van der Waals surface area contributed by atoms with E-state index in [0.717, 1.165) is 50.5 Å². The van der Waals surface area contributed by atoms with Crippen LogP contribution in [0.15, 0.2) is 297 Å². The summed E-state index contributed by atoms with van der Waals surface area (Å²) in [6.07, 6.45) is 0. The first-order valence-electron chi connectivity index (χ1n) is 27.8. The number of ether oxygens (including phenoxy) is 1. The molecule has 372 valence electrons. The van der Waals surface area contributed by atoms with Gasteiger partial charge in [-0.15, -0.1) is 0 Å². The minimum atomic E-state index is -0.760. The molecule has 2 heteroatoms. The van der Waals surface area contributed by atoms with Crippen molar-refractivity contribution in [3.63, 3.8) is 0 Å². The van der Waals surface area contributed by atoms with Gasteiger partial charge in [-0.2, -0.15) is 0 Å². The molecule has 2 nitrogen and oxygen atoms in total. The molecule has 14 aromatic rings. The number of hydrogen-bond acceptors (Lipinski definition) is 2. The van der Waals surface area contributed by atoms with Crippen molar-refractivity contribution >= 4 is 60.2 Å². The third-order valence-electron chi connectivity index (χ3n) is 17.9. The highest BCUT2D eigenvalue weighted by Crippen LogP contribution is 2.67. The number of para-hydroxylation sites is 1. The molecule has 0 saturated heterocycles. The summed E-state index contributed by atoms with van der Waals surface area (Å²) in [5, 5.41) is 9.44. The average Bonchev–Trinajstić information content (AvgIpc) is 2.53. The topological polar surface area (TPSA) is 12.5 Å². The molecule has 1 spiro atoms. The molecule has 14 aromatic carbocycles. The number of benzene rings is 14. The zero-order valence-corrected chi connectivity index (χ0v) is 43.6. The first-order chi connectivity index (χ1) is 39.7. The van der Waals surface area contributed by atoms with E-state index >= 15 is 0 Å². The fourth-order valence-electron chi connectivity index (χ4n) is 14.8. The third-order valence-corrected chi connectivity index (χ3v) is 17.9. The summed E-state index contributed by atoms with van der Waals surface area (Å²) < 4.78 is 7.65. The Kier molecular flexibility index (Phi) is 9.58. The highest BCUT2D eigenvalue weighted by Gasteiger charge is 2.54. The van der Waals surface area contributed by atoms with Crippen LogP contribution in [0.3, 0.4) is 0 Å². The van der Waals surface area contributed by atoms with Gasteiger partial charge in [0.25, 0.3) is 0 Å². The van der Waals surface area contributed by atoms with Gasteiger partial charge in [-0.25, -0.2) is 0 Å². The van der Waals surface area contributed by atoms with Gasteiger partial charge in [0.05, 0.1) is 10.8 Å². The van der Waals surface area contributed by atoms with E-state index in [0.29, 0.717) is 0 Å². The van der Waals surface area contributed by atoms with Crippen molar-refractivity contribution in [1.29, 1.82) is 0 Å². The van der Waals surface area contributed by atoms with Crippen LogP contribution < -0.4 is 9.64 Å². The average molecular weight is 1020 g/mol. The second kappa shape index (κ2) is 17.1. The van der Waals surface area contributed by atoms with Gasteiger partial charge in [-0.3, -0.25) is 0 Å². The van der Waals surface area contributed by atoms with Crippen molar-refractivity contribution in [2.75, 3.05) is 4.90 Å². The van der Waals surface area contributed by atoms with Crippen LogP contribution >= 0.6 is 0 Å². The second-order valence-corrected chi connectivity index (χ2v) is 21.7. The fourth-order valence-corrected chi connectivity index (χ4v) is 14.8. The predicted molar refractivity (Wildman–Crippen MR) is 331 cm³/mol. The summed E-state index contributed by atoms with van der Waals surface area (Å²) in [5.74, 6) is 1.84. The second-order valence-electron chi connectivity index (χ2n) is 21.7. The fraction of sp³-hybridized carbons (Fsp3) is 0.0256. The van der Waals surface area contributed by atoms with Gasteiger partial charge in [0.1, 0.15) is 11.5 Å². The molecule has 17 rings (SSSR count). The molecule has 1 aliphatic heterocycles. The van der Waals surface area contributed by atoms with Crippen molar-refractivity contribution < 1.29 is 4.74 Å². The standard InChI is InChI=1S/C78H49NO/c1-4-22-52(23-5-1)77(53-24-6-2-7-25-53)69-38-20-18-32-61(69)64-47-45-56(49-72(64)77)79(54-26-8-3-9-27-54)55-43-40-50(41-44-55)51-42-46-63-62-33-19-21-39-70(62)78(71(63)48-51)73-65-34-14-10-28-57(65)59-30-12-16-36-67(59)75(73)80-76-68-37-17-13-31-60(68)58-29-11-15-35-66(58)74(76)78/h1-49H. The van der Waals surface area contributed by atoms with Gasteiger partial charge < -0.3 is 9.64 Å². The smallest absolute Gasteiger partial charge is 0.140 e. The first-order valence-corrected chi connectivity index (χ1v) is 27.8. The van der Waals surface area contributed by atoms with Crippen LogP contribution in [-0.4, -0.2) is 0 Å². The lowest BCUT2D eigenvalue weighted by molar-refractivity contribution is 0.451. The molecule has 0 unspecified atom stereocenters. The van der Waals surface area contributed by atoms with E-state index in [9.17, 15) is 0 Å². The van der Waals surface area contributed by atoms with Crippen molar-refractivity contribution in [2.45, 2.75) is 10.8 Å². The summed E-state index contributed by atoms with van der Waals surface area (Å²) in [5.41, 5.74) is 19.3. The number of rotatable bonds is 6. The van der Waals surface area contributed by atoms with E-state index in [-0.39, 0.29) is 0 Å². The van der Waals surface area contributed by atoms with E-state index in [1.54, 1.807) is 0 Å². The van der Waals surface area contributed by atoms with E-state index in [4.69, 9.17) is 4.74 Å². The van der Waals surface area contributed by atoms with E-state index < -0.39 is 10.8 Å². The lowest BCUT2D eigenvalue weighted by Gasteiger charge is -2.42. The van der Waals surface area contributed by atoms with E-state index in [1.165, 1.54) is 99.1 Å². The van der Waals surface area contributed by atoms with Gasteiger partial charge >= 0.3 is 0 Å². The Bertz CT molecular complexity index is 4690. The van der Waals surface area contributed by atoms with Crippen molar-refractivity contribution in [3.05, 3.63) is 342 Å². The molecule has 1 heterocycles. The molecule has 0 atom stereocenters. The van der Waals surface area contributed by atoms with Crippen LogP contribution in [-0.2, 0) is 10.8 Å². The van der Waals surface area contributed by atoms with Crippen LogP contribution in [0.25, 0.3) is 76.5 Å². The summed E-state index contributed by atoms with van der Waals surface area (Å²) in [6, 6.07) is 110. The largest absolute Gasteiger partial charge is 0.455 e. The van der Waals surface area contributed by atoms with E-state index in [2.05, 4.69) is 302 Å². The minimum Gasteiger partial charge on any atom is -0.455 e. The maximum absolute atomic E-state index is 7.65. The zero-order valence-electron chi connectivity index (χ0n) is 43.6. The van der Waals surface area contributed by atoms with Crippen LogP contribution in [0.4, 0.5) is 17.1 Å². The Labute approximate surface area is 464 Å². The number of hydrogen-bond donors (Lipinski definition) is 0. The highest BCUT2D eigenvalue weighted by atomic mass is 16.5. The van der Waals surface area contributed by atoms with Crippen LogP contribution in [0.2, 0.25) is 0 Å². The molecular formula is C78H49NO. The van der Waals surface area contributed by atoms with Crippen LogP contribution in [0.1, 0.15) is 44.5 Å². The summed E-state index contributed by atoms with van der Waals surface area (Å²) in [6.45, 7) is 0. The molecule has 0 aromatic heterocycles. The first kappa shape index (κ1) is 44.8. The summed E-state index contributed by atoms with van der Waals surface area (Å²) in [7, 11) is 0. The quantitative estimate of drug-likeness (QED) is 0.154. The Morgan fingerprint density at radius 1 is 0.237 bits per heavy atom. The normalized spacial score (nSPS) is 13.8. The molecule has 0 radical (unpaired) electrons. The van der Waals surface area contributed by atoms with Crippen LogP contribution in [0, 0.1) is 0 Å². The monoisotopic (exact) mass is 1020 g/mol. The molecule has 0 fully saturated rings. The Morgan fingerprint density at radius 3 is 1.14 bits per heavy atom. The molecule has 3 aliphatic rings. The SMILES string of the molecule is c1ccc(N(c2ccc(-c3ccc4c(c3)C3(c5ccccc5-4)c4c(c5ccccc5c5ccccc45)Oc4c3c3ccccc3c3ccccc43)cc2)c2ccc3c(c2)C(c2ccccc2)(c2ccccc2)c2ccccc2-3)cc1. The third kappa shape index (κ3) is 6.02. The van der Waals surface area contributed by atoms with E-state index in [1.807, 2.05) is 0 Å². The Morgan fingerprint density at radius 2 is 0.600 bits per heavy atom. The van der Waals surface area contributed by atoms with Gasteiger partial charge in [0.2, 0.25) is 0 Å². The zero-order chi connectivity index (χ0) is 52.5. The number of anilines is 3. The lowest BCUT2D eigenvalue weighted by Crippen LogP contribution is -2.33.